The van der Waals surface area contributed by atoms with Crippen molar-refractivity contribution in [2.45, 2.75) is 36.9 Å². The molecule has 0 radical (unpaired) electrons. The number of amides is 1. The third-order valence-corrected chi connectivity index (χ3v) is 6.79. The fraction of sp³-hybridized carbons (Fsp3) is 0.333. The van der Waals surface area contributed by atoms with Crippen LogP contribution in [-0.2, 0) is 15.1 Å². The number of halogens is 3. The van der Waals surface area contributed by atoms with E-state index in [1.807, 2.05) is 0 Å². The van der Waals surface area contributed by atoms with Crippen LogP contribution in [0.3, 0.4) is 0 Å². The van der Waals surface area contributed by atoms with E-state index in [0.717, 1.165) is 0 Å². The summed E-state index contributed by atoms with van der Waals surface area (Å²) in [5, 5.41) is 15.2. The van der Waals surface area contributed by atoms with Gasteiger partial charge in [-0.25, -0.2) is 4.39 Å². The van der Waals surface area contributed by atoms with Crippen molar-refractivity contribution < 1.29 is 18.9 Å². The van der Waals surface area contributed by atoms with Crippen molar-refractivity contribution in [3.63, 3.8) is 0 Å². The number of benzene rings is 2. The first-order valence-corrected chi connectivity index (χ1v) is 10.4. The molecule has 10 heteroatoms. The fourth-order valence-corrected chi connectivity index (χ4v) is 5.61. The highest BCUT2D eigenvalue weighted by atomic mass is 35.5. The van der Waals surface area contributed by atoms with E-state index in [4.69, 9.17) is 23.2 Å². The van der Waals surface area contributed by atoms with Crippen LogP contribution in [-0.4, -0.2) is 40.6 Å². The fourth-order valence-electron chi connectivity index (χ4n) is 5.26. The number of carbonyl (C=O) groups is 2. The summed E-state index contributed by atoms with van der Waals surface area (Å²) in [7, 11) is 0. The number of anilines is 1. The molecule has 0 aliphatic carbocycles. The lowest BCUT2D eigenvalue weighted by atomic mass is 9.73. The SMILES string of the molecule is CCN1[C@@H](CC=O)[C@@H]([N+](=O)[O-])[C@H](c2cccc(Cl)c2F)[C@]12C(=O)Nc1cc(Cl)ccc12. The zero-order valence-electron chi connectivity index (χ0n) is 16.3. The Kier molecular flexibility index (Phi) is 5.49. The van der Waals surface area contributed by atoms with Gasteiger partial charge in [0.05, 0.1) is 17.0 Å². The smallest absolute Gasteiger partial charge is 0.250 e. The molecule has 0 bridgehead atoms. The van der Waals surface area contributed by atoms with Crippen molar-refractivity contribution in [3.05, 3.63) is 73.5 Å². The largest absolute Gasteiger partial charge is 0.324 e. The summed E-state index contributed by atoms with van der Waals surface area (Å²) in [4.78, 5) is 38.4. The highest BCUT2D eigenvalue weighted by Gasteiger charge is 2.70. The lowest BCUT2D eigenvalue weighted by molar-refractivity contribution is -0.528. The maximum Gasteiger partial charge on any atom is 0.250 e. The van der Waals surface area contributed by atoms with Crippen LogP contribution in [0, 0.1) is 15.9 Å². The molecule has 2 aromatic carbocycles. The van der Waals surface area contributed by atoms with Crippen molar-refractivity contribution in [1.29, 1.82) is 0 Å². The lowest BCUT2D eigenvalue weighted by Crippen LogP contribution is -2.52. The van der Waals surface area contributed by atoms with E-state index in [1.54, 1.807) is 30.0 Å². The predicted octanol–water partition coefficient (Wildman–Crippen LogP) is 4.00. The van der Waals surface area contributed by atoms with Gasteiger partial charge in [0.2, 0.25) is 6.04 Å². The Morgan fingerprint density at radius 1 is 1.32 bits per heavy atom. The van der Waals surface area contributed by atoms with Crippen molar-refractivity contribution in [2.24, 2.45) is 0 Å². The summed E-state index contributed by atoms with van der Waals surface area (Å²) in [5.74, 6) is -2.58. The third-order valence-electron chi connectivity index (χ3n) is 6.26. The number of likely N-dealkylation sites (tertiary alicyclic amines) is 1. The van der Waals surface area contributed by atoms with Gasteiger partial charge in [0.25, 0.3) is 5.91 Å². The Morgan fingerprint density at radius 3 is 2.71 bits per heavy atom. The van der Waals surface area contributed by atoms with Crippen molar-refractivity contribution >= 4 is 41.1 Å². The zero-order valence-corrected chi connectivity index (χ0v) is 17.9. The van der Waals surface area contributed by atoms with Gasteiger partial charge < -0.3 is 10.1 Å². The summed E-state index contributed by atoms with van der Waals surface area (Å²) in [6.45, 7) is 1.96. The highest BCUT2D eigenvalue weighted by Crippen LogP contribution is 2.58. The Morgan fingerprint density at radius 2 is 2.06 bits per heavy atom. The molecule has 1 amide bonds. The molecule has 4 atom stereocenters. The second-order valence-corrected chi connectivity index (χ2v) is 8.41. The van der Waals surface area contributed by atoms with E-state index < -0.39 is 40.2 Å². The number of hydrogen-bond donors (Lipinski definition) is 1. The molecule has 0 saturated carbocycles. The number of nitrogens with zero attached hydrogens (tertiary/aromatic N) is 2. The minimum absolute atomic E-state index is 0.0426. The summed E-state index contributed by atoms with van der Waals surface area (Å²) < 4.78 is 15.2. The summed E-state index contributed by atoms with van der Waals surface area (Å²) in [5.41, 5.74) is -0.796. The molecular weight excluding hydrogens is 448 g/mol. The predicted molar refractivity (Wildman–Crippen MR) is 114 cm³/mol. The van der Waals surface area contributed by atoms with E-state index in [-0.39, 0.29) is 23.6 Å². The number of aldehydes is 1. The molecule has 1 saturated heterocycles. The maximum absolute atomic E-state index is 15.2. The molecule has 2 aromatic rings. The average molecular weight is 466 g/mol. The molecule has 2 aliphatic rings. The Bertz CT molecular complexity index is 1100. The van der Waals surface area contributed by atoms with Gasteiger partial charge in [0.15, 0.2) is 0 Å². The average Bonchev–Trinajstić information content (AvgIpc) is 3.16. The molecule has 7 nitrogen and oxygen atoms in total. The highest BCUT2D eigenvalue weighted by molar-refractivity contribution is 6.31. The Labute approximate surface area is 187 Å². The second kappa shape index (κ2) is 7.85. The monoisotopic (exact) mass is 465 g/mol. The van der Waals surface area contributed by atoms with Gasteiger partial charge >= 0.3 is 0 Å². The zero-order chi connectivity index (χ0) is 22.5. The maximum atomic E-state index is 15.2. The van der Waals surface area contributed by atoms with Crippen LogP contribution in [0.2, 0.25) is 10.0 Å². The lowest BCUT2D eigenvalue weighted by Gasteiger charge is -2.37. The summed E-state index contributed by atoms with van der Waals surface area (Å²) in [6, 6.07) is 6.64. The number of fused-ring (bicyclic) bond motifs is 2. The number of carbonyl (C=O) groups excluding carboxylic acids is 2. The molecule has 1 fully saturated rings. The second-order valence-electron chi connectivity index (χ2n) is 7.56. The normalized spacial score (nSPS) is 27.4. The molecule has 2 aliphatic heterocycles. The van der Waals surface area contributed by atoms with Crippen LogP contribution in [0.5, 0.6) is 0 Å². The van der Waals surface area contributed by atoms with Gasteiger partial charge in [-0.1, -0.05) is 48.3 Å². The number of likely N-dealkylation sites (N-methyl/N-ethyl adjacent to an activating group) is 1. The molecule has 0 unspecified atom stereocenters. The molecular formula is C21H18Cl2FN3O4. The molecule has 0 aromatic heterocycles. The molecule has 4 rings (SSSR count). The van der Waals surface area contributed by atoms with Crippen LogP contribution < -0.4 is 5.32 Å². The van der Waals surface area contributed by atoms with Gasteiger partial charge in [0, 0.05) is 33.2 Å². The van der Waals surface area contributed by atoms with Gasteiger partial charge in [-0.2, -0.15) is 0 Å². The minimum Gasteiger partial charge on any atom is -0.324 e. The Hall–Kier alpha value is -2.55. The topological polar surface area (TPSA) is 92.6 Å². The van der Waals surface area contributed by atoms with Crippen LogP contribution in [0.1, 0.15) is 30.4 Å². The first-order chi connectivity index (χ1) is 14.8. The number of nitro groups is 1. The van der Waals surface area contributed by atoms with E-state index in [1.165, 1.54) is 18.2 Å². The number of nitrogens with one attached hydrogen (secondary N) is 1. The third kappa shape index (κ3) is 2.96. The van der Waals surface area contributed by atoms with E-state index in [0.29, 0.717) is 22.6 Å². The van der Waals surface area contributed by atoms with Crippen LogP contribution in [0.15, 0.2) is 36.4 Å². The Balaban J connectivity index is 2.09. The quantitative estimate of drug-likeness (QED) is 0.409. The first kappa shape index (κ1) is 21.7. The molecule has 31 heavy (non-hydrogen) atoms. The van der Waals surface area contributed by atoms with Crippen LogP contribution in [0.4, 0.5) is 10.1 Å². The molecule has 1 N–H and O–H groups in total. The molecule has 1 spiro atoms. The minimum atomic E-state index is -1.61. The van der Waals surface area contributed by atoms with E-state index in [9.17, 15) is 19.7 Å². The van der Waals surface area contributed by atoms with Crippen LogP contribution in [0.25, 0.3) is 0 Å². The van der Waals surface area contributed by atoms with E-state index >= 15 is 4.39 Å². The van der Waals surface area contributed by atoms with E-state index in [2.05, 4.69) is 5.32 Å². The van der Waals surface area contributed by atoms with Gasteiger partial charge in [-0.15, -0.1) is 0 Å². The van der Waals surface area contributed by atoms with Gasteiger partial charge in [-0.05, 0) is 24.7 Å². The van der Waals surface area contributed by atoms with Gasteiger partial charge in [-0.3, -0.25) is 19.8 Å². The van der Waals surface area contributed by atoms with Crippen LogP contribution >= 0.6 is 23.2 Å². The van der Waals surface area contributed by atoms with Crippen molar-refractivity contribution in [3.8, 4) is 0 Å². The summed E-state index contributed by atoms with van der Waals surface area (Å²) in [6.07, 6.45) is 0.403. The molecule has 162 valence electrons. The number of rotatable bonds is 5. The number of hydrogen-bond acceptors (Lipinski definition) is 5. The van der Waals surface area contributed by atoms with Crippen molar-refractivity contribution in [1.82, 2.24) is 4.90 Å². The molecule has 2 heterocycles. The standard InChI is InChI=1S/C21H18Cl2FN3O4/c1-2-26-16(8-9-28)19(27(30)31)17(12-4-3-5-14(23)18(12)24)21(26)13-7-6-11(22)10-15(13)25-20(21)29/h3-7,9-10,16-17,19H,2,8H2,1H3,(H,25,29)/t16-,17-,19+,21+/m0/s1. The summed E-state index contributed by atoms with van der Waals surface area (Å²) >= 11 is 12.1. The van der Waals surface area contributed by atoms with Gasteiger partial charge in [0.1, 0.15) is 17.6 Å². The first-order valence-electron chi connectivity index (χ1n) is 9.68. The van der Waals surface area contributed by atoms with Crippen molar-refractivity contribution in [2.75, 3.05) is 11.9 Å².